The van der Waals surface area contributed by atoms with Crippen LogP contribution in [0, 0.1) is 0 Å². The standard InChI is InChI=1S/C17H15N5O2S2/c25-17(20-10-2-3-10)22-21-16-15-11(18-7-19-16)6-14(26-15)9-1-4-12-13(5-9)24-8-23-12/h1,4-7,10H,2-3,8H2,(H,18,19,21)(H2,20,22,25). The van der Waals surface area contributed by atoms with Crippen LogP contribution >= 0.6 is 23.6 Å². The number of nitrogens with zero attached hydrogens (tertiary/aromatic N) is 2. The first-order valence-corrected chi connectivity index (χ1v) is 9.46. The van der Waals surface area contributed by atoms with Crippen molar-refractivity contribution in [1.82, 2.24) is 20.7 Å². The highest BCUT2D eigenvalue weighted by molar-refractivity contribution is 7.80. The van der Waals surface area contributed by atoms with E-state index in [1.807, 2.05) is 24.3 Å². The molecule has 1 saturated carbocycles. The molecule has 1 aliphatic carbocycles. The summed E-state index contributed by atoms with van der Waals surface area (Å²) in [4.78, 5) is 9.79. The molecule has 0 saturated heterocycles. The fraction of sp³-hybridized carbons (Fsp3) is 0.235. The monoisotopic (exact) mass is 385 g/mol. The van der Waals surface area contributed by atoms with Crippen LogP contribution in [0.25, 0.3) is 20.7 Å². The maximum Gasteiger partial charge on any atom is 0.231 e. The summed E-state index contributed by atoms with van der Waals surface area (Å²) in [5, 5.41) is 3.79. The summed E-state index contributed by atoms with van der Waals surface area (Å²) < 4.78 is 11.8. The van der Waals surface area contributed by atoms with E-state index in [4.69, 9.17) is 21.7 Å². The second-order valence-corrected chi connectivity index (χ2v) is 7.57. The molecule has 0 amide bonds. The third-order valence-corrected chi connectivity index (χ3v) is 5.58. The van der Waals surface area contributed by atoms with E-state index in [9.17, 15) is 0 Å². The van der Waals surface area contributed by atoms with Gasteiger partial charge in [-0.3, -0.25) is 10.9 Å². The summed E-state index contributed by atoms with van der Waals surface area (Å²) in [6, 6.07) is 8.48. The van der Waals surface area contributed by atoms with Crippen molar-refractivity contribution in [2.45, 2.75) is 18.9 Å². The van der Waals surface area contributed by atoms with Crippen molar-refractivity contribution >= 4 is 44.7 Å². The van der Waals surface area contributed by atoms with E-state index in [0.29, 0.717) is 17.0 Å². The Balaban J connectivity index is 1.41. The average Bonchev–Trinajstić information content (AvgIpc) is 3.17. The van der Waals surface area contributed by atoms with E-state index in [0.717, 1.165) is 32.2 Å². The van der Waals surface area contributed by atoms with E-state index in [2.05, 4.69) is 26.1 Å². The molecule has 132 valence electrons. The minimum absolute atomic E-state index is 0.269. The number of anilines is 1. The van der Waals surface area contributed by atoms with Gasteiger partial charge in [-0.2, -0.15) is 0 Å². The highest BCUT2D eigenvalue weighted by atomic mass is 32.1. The zero-order chi connectivity index (χ0) is 17.5. The molecule has 0 unspecified atom stereocenters. The van der Waals surface area contributed by atoms with Crippen LogP contribution in [0.1, 0.15) is 12.8 Å². The molecule has 0 atom stereocenters. The van der Waals surface area contributed by atoms with Crippen LogP contribution in [-0.4, -0.2) is 27.9 Å². The molecule has 5 rings (SSSR count). The number of rotatable bonds is 4. The predicted molar refractivity (Wildman–Crippen MR) is 104 cm³/mol. The molecule has 7 nitrogen and oxygen atoms in total. The van der Waals surface area contributed by atoms with Crippen LogP contribution in [0.5, 0.6) is 11.5 Å². The van der Waals surface area contributed by atoms with Gasteiger partial charge in [0.1, 0.15) is 6.33 Å². The van der Waals surface area contributed by atoms with Crippen molar-refractivity contribution in [1.29, 1.82) is 0 Å². The Morgan fingerprint density at radius 3 is 2.92 bits per heavy atom. The van der Waals surface area contributed by atoms with Crippen molar-refractivity contribution in [3.8, 4) is 21.9 Å². The lowest BCUT2D eigenvalue weighted by atomic mass is 10.1. The Morgan fingerprint density at radius 1 is 1.15 bits per heavy atom. The number of thiophene rings is 1. The molecule has 0 spiro atoms. The highest BCUT2D eigenvalue weighted by Gasteiger charge is 2.22. The minimum Gasteiger partial charge on any atom is -0.454 e. The van der Waals surface area contributed by atoms with E-state index in [-0.39, 0.29) is 6.79 Å². The average molecular weight is 385 g/mol. The maximum atomic E-state index is 5.47. The number of benzene rings is 1. The summed E-state index contributed by atoms with van der Waals surface area (Å²) in [5.74, 6) is 2.24. The van der Waals surface area contributed by atoms with Crippen molar-refractivity contribution < 1.29 is 9.47 Å². The van der Waals surface area contributed by atoms with Gasteiger partial charge in [-0.25, -0.2) is 9.97 Å². The zero-order valence-electron chi connectivity index (χ0n) is 13.6. The number of ether oxygens (including phenoxy) is 2. The fourth-order valence-corrected chi connectivity index (χ4v) is 3.97. The molecule has 3 N–H and O–H groups in total. The van der Waals surface area contributed by atoms with Crippen LogP contribution in [0.4, 0.5) is 5.82 Å². The number of hydrogen-bond donors (Lipinski definition) is 3. The smallest absolute Gasteiger partial charge is 0.231 e. The van der Waals surface area contributed by atoms with E-state index in [1.165, 1.54) is 12.8 Å². The van der Waals surface area contributed by atoms with Gasteiger partial charge in [-0.15, -0.1) is 11.3 Å². The lowest BCUT2D eigenvalue weighted by molar-refractivity contribution is 0.174. The molecule has 2 aromatic heterocycles. The van der Waals surface area contributed by atoms with Gasteiger partial charge in [0.15, 0.2) is 22.4 Å². The van der Waals surface area contributed by atoms with Crippen LogP contribution in [0.3, 0.4) is 0 Å². The normalized spacial score (nSPS) is 15.1. The van der Waals surface area contributed by atoms with E-state index in [1.54, 1.807) is 17.7 Å². The predicted octanol–water partition coefficient (Wildman–Crippen LogP) is 3.04. The van der Waals surface area contributed by atoms with Crippen molar-refractivity contribution in [3.63, 3.8) is 0 Å². The zero-order valence-corrected chi connectivity index (χ0v) is 15.2. The van der Waals surface area contributed by atoms with Gasteiger partial charge in [-0.05, 0) is 54.9 Å². The second kappa shape index (κ2) is 6.26. The molecule has 1 fully saturated rings. The van der Waals surface area contributed by atoms with E-state index < -0.39 is 0 Å². The molecule has 3 heterocycles. The number of hydrogen-bond acceptors (Lipinski definition) is 7. The molecule has 0 radical (unpaired) electrons. The topological polar surface area (TPSA) is 80.3 Å². The van der Waals surface area contributed by atoms with Gasteiger partial charge in [0.05, 0.1) is 10.2 Å². The van der Waals surface area contributed by atoms with Crippen LogP contribution < -0.4 is 25.6 Å². The Labute approximate surface area is 158 Å². The van der Waals surface area contributed by atoms with Crippen LogP contribution in [-0.2, 0) is 0 Å². The third kappa shape index (κ3) is 2.99. The summed E-state index contributed by atoms with van der Waals surface area (Å²) in [7, 11) is 0. The van der Waals surface area contributed by atoms with Gasteiger partial charge < -0.3 is 14.8 Å². The van der Waals surface area contributed by atoms with Gasteiger partial charge in [0.2, 0.25) is 6.79 Å². The Hall–Kier alpha value is -2.65. The second-order valence-electron chi connectivity index (χ2n) is 6.11. The molecular weight excluding hydrogens is 370 g/mol. The molecule has 9 heteroatoms. The van der Waals surface area contributed by atoms with Gasteiger partial charge >= 0.3 is 0 Å². The Kier molecular flexibility index (Phi) is 3.75. The lowest BCUT2D eigenvalue weighted by Crippen LogP contribution is -2.40. The number of thiocarbonyl (C=S) groups is 1. The SMILES string of the molecule is S=C(NNc1ncnc2cc(-c3ccc4c(c3)OCO4)sc12)NC1CC1. The fourth-order valence-electron chi connectivity index (χ4n) is 2.70. The number of aromatic nitrogens is 2. The Bertz CT molecular complexity index is 1000. The summed E-state index contributed by atoms with van der Waals surface area (Å²) in [6.07, 6.45) is 3.88. The van der Waals surface area contributed by atoms with Crippen LogP contribution in [0.15, 0.2) is 30.6 Å². The van der Waals surface area contributed by atoms with E-state index >= 15 is 0 Å². The van der Waals surface area contributed by atoms with Crippen molar-refractivity contribution in [3.05, 3.63) is 30.6 Å². The lowest BCUT2D eigenvalue weighted by Gasteiger charge is -2.11. The minimum atomic E-state index is 0.269. The highest BCUT2D eigenvalue weighted by Crippen LogP contribution is 2.40. The van der Waals surface area contributed by atoms with Gasteiger partial charge in [0.25, 0.3) is 0 Å². The molecule has 1 aromatic carbocycles. The molecule has 0 bridgehead atoms. The van der Waals surface area contributed by atoms with Gasteiger partial charge in [0, 0.05) is 10.9 Å². The summed E-state index contributed by atoms with van der Waals surface area (Å²) >= 11 is 6.88. The third-order valence-electron chi connectivity index (χ3n) is 4.18. The quantitative estimate of drug-likeness (QED) is 0.467. The van der Waals surface area contributed by atoms with Crippen molar-refractivity contribution in [2.75, 3.05) is 12.2 Å². The first kappa shape index (κ1) is 15.6. The number of nitrogens with one attached hydrogen (secondary N) is 3. The molecule has 26 heavy (non-hydrogen) atoms. The molecule has 1 aliphatic heterocycles. The number of hydrazine groups is 1. The Morgan fingerprint density at radius 2 is 2.04 bits per heavy atom. The number of fused-ring (bicyclic) bond motifs is 2. The summed E-state index contributed by atoms with van der Waals surface area (Å²) in [6.45, 7) is 0.269. The molecule has 2 aliphatic rings. The maximum absolute atomic E-state index is 5.47. The van der Waals surface area contributed by atoms with Crippen LogP contribution in [0.2, 0.25) is 0 Å². The summed E-state index contributed by atoms with van der Waals surface area (Å²) in [5.41, 5.74) is 8.02. The first-order chi connectivity index (χ1) is 12.8. The molecular formula is C17H15N5O2S2. The molecule has 3 aromatic rings. The largest absolute Gasteiger partial charge is 0.454 e. The van der Waals surface area contributed by atoms with Gasteiger partial charge in [-0.1, -0.05) is 0 Å². The van der Waals surface area contributed by atoms with Crippen molar-refractivity contribution in [2.24, 2.45) is 0 Å². The first-order valence-electron chi connectivity index (χ1n) is 8.23.